The third kappa shape index (κ3) is 3.67. The second-order valence-corrected chi connectivity index (χ2v) is 6.57. The summed E-state index contributed by atoms with van der Waals surface area (Å²) < 4.78 is 1.60. The first-order valence-corrected chi connectivity index (χ1v) is 7.66. The van der Waals surface area contributed by atoms with Crippen molar-refractivity contribution in [2.24, 2.45) is 0 Å². The Morgan fingerprint density at radius 2 is 1.65 bits per heavy atom. The van der Waals surface area contributed by atoms with Crippen LogP contribution in [0.3, 0.4) is 0 Å². The Bertz CT molecular complexity index is 672. The van der Waals surface area contributed by atoms with Crippen LogP contribution in [0.4, 0.5) is 5.69 Å². The van der Waals surface area contributed by atoms with E-state index in [0.717, 1.165) is 8.95 Å². The van der Waals surface area contributed by atoms with Crippen LogP contribution in [-0.2, 0) is 0 Å². The van der Waals surface area contributed by atoms with Crippen LogP contribution in [0.5, 0.6) is 5.75 Å². The van der Waals surface area contributed by atoms with Crippen molar-refractivity contribution in [2.45, 2.75) is 0 Å². The van der Waals surface area contributed by atoms with Gasteiger partial charge in [0.25, 0.3) is 5.91 Å². The number of amides is 1. The van der Waals surface area contributed by atoms with Crippen LogP contribution in [-0.4, -0.2) is 11.0 Å². The molecule has 0 saturated carbocycles. The van der Waals surface area contributed by atoms with Gasteiger partial charge in [0.05, 0.1) is 10.6 Å². The fourth-order valence-corrected chi connectivity index (χ4v) is 3.35. The van der Waals surface area contributed by atoms with Gasteiger partial charge in [0.1, 0.15) is 5.75 Å². The molecule has 1 amide bonds. The van der Waals surface area contributed by atoms with Crippen molar-refractivity contribution >= 4 is 66.7 Å². The van der Waals surface area contributed by atoms with E-state index in [1.54, 1.807) is 12.1 Å². The Morgan fingerprint density at radius 1 is 1.05 bits per heavy atom. The van der Waals surface area contributed by atoms with E-state index >= 15 is 0 Å². The predicted octanol–water partition coefficient (Wildman–Crippen LogP) is 5.48. The number of carbonyl (C=O) groups is 1. The molecule has 0 bridgehead atoms. The van der Waals surface area contributed by atoms with Gasteiger partial charge in [0.2, 0.25) is 0 Å². The van der Waals surface area contributed by atoms with Crippen molar-refractivity contribution in [3.63, 3.8) is 0 Å². The lowest BCUT2D eigenvalue weighted by atomic mass is 10.2. The lowest BCUT2D eigenvalue weighted by Gasteiger charge is -2.09. The van der Waals surface area contributed by atoms with Gasteiger partial charge < -0.3 is 10.4 Å². The third-order valence-corrected chi connectivity index (χ3v) is 3.82. The normalized spacial score (nSPS) is 10.4. The molecule has 0 saturated heterocycles. The van der Waals surface area contributed by atoms with E-state index < -0.39 is 5.91 Å². The number of phenolic OH excluding ortho intramolecular Hbond substituents is 1. The highest BCUT2D eigenvalue weighted by Crippen LogP contribution is 2.32. The van der Waals surface area contributed by atoms with Crippen molar-refractivity contribution in [1.29, 1.82) is 0 Å². The fourth-order valence-electron chi connectivity index (χ4n) is 1.56. The first kappa shape index (κ1) is 15.6. The molecule has 0 aliphatic rings. The second-order valence-electron chi connectivity index (χ2n) is 3.90. The molecule has 0 spiro atoms. The van der Waals surface area contributed by atoms with E-state index in [2.05, 4.69) is 37.2 Å². The molecule has 0 unspecified atom stereocenters. The maximum absolute atomic E-state index is 12.1. The van der Waals surface area contributed by atoms with Crippen LogP contribution >= 0.6 is 55.1 Å². The highest BCUT2D eigenvalue weighted by Gasteiger charge is 2.15. The molecular formula is C13H7Br2Cl2NO2. The Hall–Kier alpha value is -0.750. The van der Waals surface area contributed by atoms with Crippen molar-refractivity contribution in [2.75, 3.05) is 5.32 Å². The average molecular weight is 440 g/mol. The Morgan fingerprint density at radius 3 is 2.25 bits per heavy atom. The molecule has 0 fully saturated rings. The molecule has 104 valence electrons. The molecule has 2 N–H and O–H groups in total. The molecule has 7 heteroatoms. The summed E-state index contributed by atoms with van der Waals surface area (Å²) in [4.78, 5) is 12.1. The van der Waals surface area contributed by atoms with Crippen LogP contribution < -0.4 is 5.32 Å². The number of nitrogens with one attached hydrogen (secondary N) is 1. The summed E-state index contributed by atoms with van der Waals surface area (Å²) in [5, 5.41) is 12.8. The van der Waals surface area contributed by atoms with E-state index in [9.17, 15) is 9.90 Å². The van der Waals surface area contributed by atoms with E-state index in [-0.39, 0.29) is 21.4 Å². The molecule has 0 atom stereocenters. The van der Waals surface area contributed by atoms with Gasteiger partial charge in [0, 0.05) is 19.7 Å². The summed E-state index contributed by atoms with van der Waals surface area (Å²) in [5.74, 6) is -0.806. The minimum atomic E-state index is -0.503. The zero-order chi connectivity index (χ0) is 14.9. The number of hydrogen-bond acceptors (Lipinski definition) is 2. The molecule has 2 aromatic carbocycles. The first-order valence-electron chi connectivity index (χ1n) is 5.32. The fraction of sp³-hybridized carbons (Fsp3) is 0. The van der Waals surface area contributed by atoms with Crippen LogP contribution in [0.2, 0.25) is 10.0 Å². The van der Waals surface area contributed by atoms with Crippen LogP contribution in [0.25, 0.3) is 0 Å². The van der Waals surface area contributed by atoms with Gasteiger partial charge in [-0.05, 0) is 30.3 Å². The molecule has 0 aromatic heterocycles. The molecular weight excluding hydrogens is 433 g/mol. The molecule has 0 heterocycles. The zero-order valence-electron chi connectivity index (χ0n) is 9.75. The smallest absolute Gasteiger partial charge is 0.259 e. The first-order chi connectivity index (χ1) is 9.36. The molecule has 20 heavy (non-hydrogen) atoms. The van der Waals surface area contributed by atoms with Gasteiger partial charge in [-0.25, -0.2) is 0 Å². The van der Waals surface area contributed by atoms with Gasteiger partial charge in [0.15, 0.2) is 0 Å². The molecule has 0 aliphatic carbocycles. The number of aromatic hydroxyl groups is 1. The highest BCUT2D eigenvalue weighted by atomic mass is 79.9. The number of benzene rings is 2. The van der Waals surface area contributed by atoms with E-state index in [4.69, 9.17) is 23.2 Å². The summed E-state index contributed by atoms with van der Waals surface area (Å²) >= 11 is 18.3. The van der Waals surface area contributed by atoms with E-state index in [1.807, 2.05) is 6.07 Å². The summed E-state index contributed by atoms with van der Waals surface area (Å²) in [5.41, 5.74) is 0.574. The standard InChI is InChI=1S/C13H7Br2Cl2NO2/c14-6-1-7(15)3-9(2-6)18-13(20)10-4-8(16)5-11(17)12(10)19/h1-5,19H,(H,18,20). The van der Waals surface area contributed by atoms with Crippen molar-refractivity contribution < 1.29 is 9.90 Å². The zero-order valence-corrected chi connectivity index (χ0v) is 14.4. The second kappa shape index (κ2) is 6.35. The van der Waals surface area contributed by atoms with Gasteiger partial charge in [-0.3, -0.25) is 4.79 Å². The minimum absolute atomic E-state index is 0.0126. The largest absolute Gasteiger partial charge is 0.506 e. The summed E-state index contributed by atoms with van der Waals surface area (Å²) in [6.45, 7) is 0. The average Bonchev–Trinajstić information content (AvgIpc) is 2.32. The predicted molar refractivity (Wildman–Crippen MR) is 87.9 cm³/mol. The highest BCUT2D eigenvalue weighted by molar-refractivity contribution is 9.11. The Kier molecular flexibility index (Phi) is 4.96. The minimum Gasteiger partial charge on any atom is -0.506 e. The summed E-state index contributed by atoms with van der Waals surface area (Å²) in [7, 11) is 0. The Balaban J connectivity index is 2.33. The molecule has 3 nitrogen and oxygen atoms in total. The summed E-state index contributed by atoms with van der Waals surface area (Å²) in [6.07, 6.45) is 0. The van der Waals surface area contributed by atoms with Crippen molar-refractivity contribution in [3.8, 4) is 5.75 Å². The summed E-state index contributed by atoms with van der Waals surface area (Å²) in [6, 6.07) is 8.01. The number of hydrogen-bond donors (Lipinski definition) is 2. The number of carbonyl (C=O) groups excluding carboxylic acids is 1. The van der Waals surface area contributed by atoms with Crippen LogP contribution in [0.1, 0.15) is 10.4 Å². The van der Waals surface area contributed by atoms with Crippen molar-refractivity contribution in [1.82, 2.24) is 0 Å². The number of halogens is 4. The maximum Gasteiger partial charge on any atom is 0.259 e. The lowest BCUT2D eigenvalue weighted by Crippen LogP contribution is -2.12. The number of rotatable bonds is 2. The monoisotopic (exact) mass is 437 g/mol. The number of phenols is 1. The SMILES string of the molecule is O=C(Nc1cc(Br)cc(Br)c1)c1cc(Cl)cc(Cl)c1O. The third-order valence-electron chi connectivity index (χ3n) is 2.39. The topological polar surface area (TPSA) is 49.3 Å². The molecule has 2 rings (SSSR count). The molecule has 2 aromatic rings. The maximum atomic E-state index is 12.1. The number of anilines is 1. The van der Waals surface area contributed by atoms with Crippen LogP contribution in [0, 0.1) is 0 Å². The van der Waals surface area contributed by atoms with Gasteiger partial charge in [-0.15, -0.1) is 0 Å². The van der Waals surface area contributed by atoms with E-state index in [1.165, 1.54) is 12.1 Å². The Labute approximate surface area is 142 Å². The van der Waals surface area contributed by atoms with Gasteiger partial charge in [-0.1, -0.05) is 55.1 Å². The van der Waals surface area contributed by atoms with Crippen LogP contribution in [0.15, 0.2) is 39.3 Å². The van der Waals surface area contributed by atoms with Gasteiger partial charge >= 0.3 is 0 Å². The van der Waals surface area contributed by atoms with Gasteiger partial charge in [-0.2, -0.15) is 0 Å². The van der Waals surface area contributed by atoms with Crippen molar-refractivity contribution in [3.05, 3.63) is 54.9 Å². The molecule has 0 aliphatic heterocycles. The lowest BCUT2D eigenvalue weighted by molar-refractivity contribution is 0.102. The van der Waals surface area contributed by atoms with E-state index in [0.29, 0.717) is 5.69 Å². The molecule has 0 radical (unpaired) electrons. The quantitative estimate of drug-likeness (QED) is 0.651.